The molecular weight excluding hydrogens is 266 g/mol. The third-order valence-corrected chi connectivity index (χ3v) is 3.94. The normalized spacial score (nSPS) is 19.2. The lowest BCUT2D eigenvalue weighted by Gasteiger charge is -2.23. The van der Waals surface area contributed by atoms with Crippen LogP contribution >= 0.6 is 0 Å². The predicted octanol–water partition coefficient (Wildman–Crippen LogP) is 2.79. The summed E-state index contributed by atoms with van der Waals surface area (Å²) in [5.41, 5.74) is 2.57. The fourth-order valence-electron chi connectivity index (χ4n) is 2.83. The molecule has 1 aromatic heterocycles. The summed E-state index contributed by atoms with van der Waals surface area (Å²) in [6, 6.07) is 8.38. The summed E-state index contributed by atoms with van der Waals surface area (Å²) in [6.45, 7) is 3.04. The predicted molar refractivity (Wildman–Crippen MR) is 78.9 cm³/mol. The Morgan fingerprint density at radius 3 is 3.10 bits per heavy atom. The molecule has 0 amide bonds. The van der Waals surface area contributed by atoms with Gasteiger partial charge in [0.15, 0.2) is 0 Å². The SMILES string of the molecule is CCCC(OC)c1noc(C2NCCc3ccccc32)n1. The highest BCUT2D eigenvalue weighted by Crippen LogP contribution is 2.29. The number of rotatable bonds is 5. The highest BCUT2D eigenvalue weighted by Gasteiger charge is 2.27. The number of benzene rings is 1. The summed E-state index contributed by atoms with van der Waals surface area (Å²) in [5.74, 6) is 1.26. The number of nitrogens with zero attached hydrogens (tertiary/aromatic N) is 2. The summed E-state index contributed by atoms with van der Waals surface area (Å²) in [4.78, 5) is 4.56. The molecule has 1 aliphatic rings. The summed E-state index contributed by atoms with van der Waals surface area (Å²) in [5, 5.41) is 7.56. The van der Waals surface area contributed by atoms with E-state index in [9.17, 15) is 0 Å². The molecule has 0 aliphatic carbocycles. The van der Waals surface area contributed by atoms with E-state index in [0.717, 1.165) is 25.8 Å². The van der Waals surface area contributed by atoms with Crippen LogP contribution in [0.3, 0.4) is 0 Å². The van der Waals surface area contributed by atoms with Gasteiger partial charge in [-0.05, 0) is 24.0 Å². The van der Waals surface area contributed by atoms with Crippen molar-refractivity contribution in [2.75, 3.05) is 13.7 Å². The van der Waals surface area contributed by atoms with Crippen LogP contribution in [0.2, 0.25) is 0 Å². The highest BCUT2D eigenvalue weighted by atomic mass is 16.5. The van der Waals surface area contributed by atoms with Gasteiger partial charge >= 0.3 is 0 Å². The number of ether oxygens (including phenoxy) is 1. The molecule has 0 radical (unpaired) electrons. The van der Waals surface area contributed by atoms with E-state index in [0.29, 0.717) is 11.7 Å². The quantitative estimate of drug-likeness (QED) is 0.916. The first kappa shape index (κ1) is 14.2. The molecule has 2 unspecified atom stereocenters. The van der Waals surface area contributed by atoms with Crippen molar-refractivity contribution < 1.29 is 9.26 Å². The second kappa shape index (κ2) is 6.37. The molecule has 21 heavy (non-hydrogen) atoms. The van der Waals surface area contributed by atoms with E-state index in [1.165, 1.54) is 11.1 Å². The number of hydrogen-bond donors (Lipinski definition) is 1. The smallest absolute Gasteiger partial charge is 0.248 e. The molecule has 2 atom stereocenters. The Bertz CT molecular complexity index is 597. The number of methoxy groups -OCH3 is 1. The van der Waals surface area contributed by atoms with E-state index >= 15 is 0 Å². The van der Waals surface area contributed by atoms with Gasteiger partial charge in [-0.15, -0.1) is 0 Å². The number of aromatic nitrogens is 2. The fraction of sp³-hybridized carbons (Fsp3) is 0.500. The Hall–Kier alpha value is -1.72. The summed E-state index contributed by atoms with van der Waals surface area (Å²) in [7, 11) is 1.69. The summed E-state index contributed by atoms with van der Waals surface area (Å²) in [6.07, 6.45) is 2.85. The molecule has 5 heteroatoms. The van der Waals surface area contributed by atoms with Gasteiger partial charge < -0.3 is 14.6 Å². The molecule has 0 saturated heterocycles. The van der Waals surface area contributed by atoms with E-state index in [-0.39, 0.29) is 12.1 Å². The van der Waals surface area contributed by atoms with E-state index in [1.54, 1.807) is 7.11 Å². The van der Waals surface area contributed by atoms with Crippen LogP contribution in [0.25, 0.3) is 0 Å². The Kier molecular flexibility index (Phi) is 4.31. The molecule has 2 aromatic rings. The molecule has 5 nitrogen and oxygen atoms in total. The number of nitrogens with one attached hydrogen (secondary N) is 1. The average molecular weight is 287 g/mol. The van der Waals surface area contributed by atoms with Crippen molar-refractivity contribution in [1.29, 1.82) is 0 Å². The third-order valence-electron chi connectivity index (χ3n) is 3.94. The molecule has 1 N–H and O–H groups in total. The Morgan fingerprint density at radius 1 is 1.43 bits per heavy atom. The van der Waals surface area contributed by atoms with Crippen LogP contribution in [0.1, 0.15) is 54.8 Å². The molecule has 1 aliphatic heterocycles. The fourth-order valence-corrected chi connectivity index (χ4v) is 2.83. The summed E-state index contributed by atoms with van der Waals surface area (Å²) < 4.78 is 10.9. The van der Waals surface area contributed by atoms with Crippen LogP contribution in [0.4, 0.5) is 0 Å². The van der Waals surface area contributed by atoms with Crippen LogP contribution in [0.15, 0.2) is 28.8 Å². The molecule has 0 saturated carbocycles. The first-order valence-electron chi connectivity index (χ1n) is 7.51. The van der Waals surface area contributed by atoms with Gasteiger partial charge in [-0.1, -0.05) is 42.8 Å². The van der Waals surface area contributed by atoms with Crippen molar-refractivity contribution >= 4 is 0 Å². The van der Waals surface area contributed by atoms with Gasteiger partial charge in [-0.2, -0.15) is 4.98 Å². The van der Waals surface area contributed by atoms with Crippen LogP contribution in [-0.2, 0) is 11.2 Å². The molecule has 2 heterocycles. The van der Waals surface area contributed by atoms with Crippen molar-refractivity contribution in [2.45, 2.75) is 38.3 Å². The minimum atomic E-state index is -0.0914. The number of fused-ring (bicyclic) bond motifs is 1. The van der Waals surface area contributed by atoms with Crippen molar-refractivity contribution in [2.24, 2.45) is 0 Å². The molecule has 0 bridgehead atoms. The highest BCUT2D eigenvalue weighted by molar-refractivity contribution is 5.35. The van der Waals surface area contributed by atoms with Crippen LogP contribution < -0.4 is 5.32 Å². The molecule has 0 spiro atoms. The van der Waals surface area contributed by atoms with Gasteiger partial charge in [-0.3, -0.25) is 0 Å². The van der Waals surface area contributed by atoms with Gasteiger partial charge in [0, 0.05) is 13.7 Å². The molecule has 0 fully saturated rings. The Morgan fingerprint density at radius 2 is 2.29 bits per heavy atom. The standard InChI is InChI=1S/C16H21N3O2/c1-3-6-13(20-2)15-18-16(21-19-15)14-12-8-5-4-7-11(12)9-10-17-14/h4-5,7-8,13-14,17H,3,6,9-10H2,1-2H3. The maximum Gasteiger partial charge on any atom is 0.248 e. The maximum atomic E-state index is 5.49. The Balaban J connectivity index is 1.87. The lowest BCUT2D eigenvalue weighted by molar-refractivity contribution is 0.0854. The van der Waals surface area contributed by atoms with Gasteiger partial charge in [-0.25, -0.2) is 0 Å². The van der Waals surface area contributed by atoms with Crippen molar-refractivity contribution in [3.63, 3.8) is 0 Å². The minimum absolute atomic E-state index is 0.0182. The van der Waals surface area contributed by atoms with E-state index in [1.807, 2.05) is 6.07 Å². The van der Waals surface area contributed by atoms with Crippen molar-refractivity contribution in [3.8, 4) is 0 Å². The first-order chi connectivity index (χ1) is 10.3. The van der Waals surface area contributed by atoms with E-state index in [4.69, 9.17) is 9.26 Å². The largest absolute Gasteiger partial charge is 0.373 e. The molecular formula is C16H21N3O2. The van der Waals surface area contributed by atoms with Crippen LogP contribution in [0, 0.1) is 0 Å². The maximum absolute atomic E-state index is 5.49. The monoisotopic (exact) mass is 287 g/mol. The first-order valence-corrected chi connectivity index (χ1v) is 7.51. The van der Waals surface area contributed by atoms with Crippen LogP contribution in [0.5, 0.6) is 0 Å². The van der Waals surface area contributed by atoms with Gasteiger partial charge in [0.2, 0.25) is 11.7 Å². The average Bonchev–Trinajstić information content (AvgIpc) is 3.01. The summed E-state index contributed by atoms with van der Waals surface area (Å²) >= 11 is 0. The third kappa shape index (κ3) is 2.84. The zero-order valence-electron chi connectivity index (χ0n) is 12.5. The topological polar surface area (TPSA) is 60.2 Å². The van der Waals surface area contributed by atoms with Gasteiger partial charge in [0.1, 0.15) is 12.1 Å². The molecule has 1 aromatic carbocycles. The second-order valence-corrected chi connectivity index (χ2v) is 5.34. The second-order valence-electron chi connectivity index (χ2n) is 5.34. The minimum Gasteiger partial charge on any atom is -0.373 e. The van der Waals surface area contributed by atoms with Gasteiger partial charge in [0.05, 0.1) is 0 Å². The van der Waals surface area contributed by atoms with E-state index in [2.05, 4.69) is 40.6 Å². The lowest BCUT2D eigenvalue weighted by Crippen LogP contribution is -2.30. The Labute approximate surface area is 124 Å². The number of hydrogen-bond acceptors (Lipinski definition) is 5. The van der Waals surface area contributed by atoms with E-state index < -0.39 is 0 Å². The lowest BCUT2D eigenvalue weighted by atomic mass is 9.94. The van der Waals surface area contributed by atoms with Crippen molar-refractivity contribution in [1.82, 2.24) is 15.5 Å². The molecule has 3 rings (SSSR count). The van der Waals surface area contributed by atoms with Crippen LogP contribution in [-0.4, -0.2) is 23.8 Å². The van der Waals surface area contributed by atoms with Crippen molar-refractivity contribution in [3.05, 3.63) is 47.1 Å². The zero-order valence-corrected chi connectivity index (χ0v) is 12.5. The molecule has 112 valence electrons. The zero-order chi connectivity index (χ0) is 14.7. The van der Waals surface area contributed by atoms with Gasteiger partial charge in [0.25, 0.3) is 0 Å².